The fourth-order valence-electron chi connectivity index (χ4n) is 1.08. The molecule has 1 aliphatic heterocycles. The Labute approximate surface area is 75.7 Å². The van der Waals surface area contributed by atoms with Crippen LogP contribution in [0.4, 0.5) is 11.4 Å². The van der Waals surface area contributed by atoms with Crippen LogP contribution in [0.3, 0.4) is 0 Å². The minimum absolute atomic E-state index is 0.386. The third kappa shape index (κ3) is 1.61. The second kappa shape index (κ2) is 3.42. The minimum atomic E-state index is 0.386. The lowest BCUT2D eigenvalue weighted by atomic mass is 10.3. The summed E-state index contributed by atoms with van der Waals surface area (Å²) in [5.41, 5.74) is 4.34. The molecule has 0 spiro atoms. The molecule has 1 aliphatic rings. The molecule has 0 amide bonds. The fourth-order valence-corrected chi connectivity index (χ4v) is 1.08. The third-order valence-corrected chi connectivity index (χ3v) is 1.75. The molecule has 0 bridgehead atoms. The van der Waals surface area contributed by atoms with Gasteiger partial charge in [0, 0.05) is 5.69 Å². The maximum atomic E-state index is 5.23. The van der Waals surface area contributed by atoms with Crippen molar-refractivity contribution in [2.24, 2.45) is 10.8 Å². The van der Waals surface area contributed by atoms with Gasteiger partial charge in [-0.25, -0.2) is 14.9 Å². The van der Waals surface area contributed by atoms with Crippen molar-refractivity contribution in [2.75, 3.05) is 17.2 Å². The molecule has 0 saturated heterocycles. The zero-order valence-electron chi connectivity index (χ0n) is 6.97. The highest BCUT2D eigenvalue weighted by molar-refractivity contribution is 5.78. The van der Waals surface area contributed by atoms with Crippen molar-refractivity contribution in [3.8, 4) is 0 Å². The largest absolute Gasteiger partial charge is 0.324 e. The first-order chi connectivity index (χ1) is 6.40. The van der Waals surface area contributed by atoms with E-state index in [0.717, 1.165) is 11.4 Å². The molecule has 68 valence electrons. The van der Waals surface area contributed by atoms with E-state index in [9.17, 15) is 0 Å². The van der Waals surface area contributed by atoms with Crippen molar-refractivity contribution >= 4 is 17.7 Å². The van der Waals surface area contributed by atoms with Crippen LogP contribution in [0.1, 0.15) is 0 Å². The summed E-state index contributed by atoms with van der Waals surface area (Å²) >= 11 is 0. The summed E-state index contributed by atoms with van der Waals surface area (Å²) in [4.78, 5) is 9.09. The molecule has 0 radical (unpaired) electrons. The maximum Gasteiger partial charge on any atom is 0.167 e. The van der Waals surface area contributed by atoms with Crippen LogP contribution in [0, 0.1) is 0 Å². The molecule has 0 aromatic heterocycles. The van der Waals surface area contributed by atoms with Crippen molar-refractivity contribution < 1.29 is 4.84 Å². The number of hydrazine groups is 1. The standard InChI is InChI=1S/C8H10N4O/c9-11-7-1-3-8(4-2-7)12-5-10-6-13-12/h1-5,11H,6,9H2. The van der Waals surface area contributed by atoms with Crippen LogP contribution in [0.25, 0.3) is 0 Å². The topological polar surface area (TPSA) is 62.9 Å². The average Bonchev–Trinajstić information content (AvgIpc) is 2.71. The number of rotatable bonds is 2. The summed E-state index contributed by atoms with van der Waals surface area (Å²) < 4.78 is 0. The number of hydrogen-bond acceptors (Lipinski definition) is 5. The van der Waals surface area contributed by atoms with E-state index in [-0.39, 0.29) is 0 Å². The Kier molecular flexibility index (Phi) is 2.11. The predicted octanol–water partition coefficient (Wildman–Crippen LogP) is 0.710. The molecule has 0 aliphatic carbocycles. The lowest BCUT2D eigenvalue weighted by Gasteiger charge is -2.12. The van der Waals surface area contributed by atoms with Crippen molar-refractivity contribution in [3.63, 3.8) is 0 Å². The van der Waals surface area contributed by atoms with Gasteiger partial charge in [-0.1, -0.05) is 0 Å². The molecule has 1 aromatic rings. The first-order valence-corrected chi connectivity index (χ1v) is 3.89. The summed E-state index contributed by atoms with van der Waals surface area (Å²) in [7, 11) is 0. The van der Waals surface area contributed by atoms with E-state index in [1.54, 1.807) is 11.4 Å². The van der Waals surface area contributed by atoms with Gasteiger partial charge in [-0.3, -0.25) is 5.84 Å². The number of nitrogen functional groups attached to an aromatic ring is 1. The van der Waals surface area contributed by atoms with Gasteiger partial charge in [0.1, 0.15) is 6.34 Å². The monoisotopic (exact) mass is 178 g/mol. The summed E-state index contributed by atoms with van der Waals surface area (Å²) in [6.07, 6.45) is 1.64. The molecule has 3 N–H and O–H groups in total. The SMILES string of the molecule is NNc1ccc(N2C=NCO2)cc1. The summed E-state index contributed by atoms with van der Waals surface area (Å²) in [6, 6.07) is 7.52. The minimum Gasteiger partial charge on any atom is -0.324 e. The van der Waals surface area contributed by atoms with Gasteiger partial charge < -0.3 is 5.43 Å². The van der Waals surface area contributed by atoms with Crippen LogP contribution in [0.15, 0.2) is 29.3 Å². The molecule has 1 heterocycles. The molecule has 0 atom stereocenters. The number of nitrogens with two attached hydrogens (primary N) is 1. The Morgan fingerprint density at radius 3 is 2.69 bits per heavy atom. The molecule has 5 heteroatoms. The van der Waals surface area contributed by atoms with Gasteiger partial charge in [-0.2, -0.15) is 0 Å². The van der Waals surface area contributed by atoms with E-state index < -0.39 is 0 Å². The predicted molar refractivity (Wildman–Crippen MR) is 51.2 cm³/mol. The molecule has 1 aromatic carbocycles. The Hall–Kier alpha value is -1.59. The molecule has 5 nitrogen and oxygen atoms in total. The Bertz CT molecular complexity index is 308. The van der Waals surface area contributed by atoms with Gasteiger partial charge in [-0.05, 0) is 24.3 Å². The number of hydrogen-bond donors (Lipinski definition) is 2. The average molecular weight is 178 g/mol. The summed E-state index contributed by atoms with van der Waals surface area (Å²) in [5.74, 6) is 5.23. The highest BCUT2D eigenvalue weighted by Crippen LogP contribution is 2.17. The number of nitrogens with zero attached hydrogens (tertiary/aromatic N) is 2. The number of hydroxylamine groups is 1. The van der Waals surface area contributed by atoms with Crippen molar-refractivity contribution in [2.45, 2.75) is 0 Å². The zero-order valence-corrected chi connectivity index (χ0v) is 6.97. The van der Waals surface area contributed by atoms with Gasteiger partial charge in [0.2, 0.25) is 0 Å². The zero-order chi connectivity index (χ0) is 9.10. The quantitative estimate of drug-likeness (QED) is 0.517. The van der Waals surface area contributed by atoms with Crippen LogP contribution < -0.4 is 16.3 Å². The van der Waals surface area contributed by atoms with E-state index in [2.05, 4.69) is 10.4 Å². The van der Waals surface area contributed by atoms with Gasteiger partial charge in [0.25, 0.3) is 0 Å². The molecule has 2 rings (SSSR count). The van der Waals surface area contributed by atoms with Crippen molar-refractivity contribution in [3.05, 3.63) is 24.3 Å². The van der Waals surface area contributed by atoms with Crippen LogP contribution >= 0.6 is 0 Å². The lowest BCUT2D eigenvalue weighted by molar-refractivity contribution is 0.174. The number of aliphatic imine (C=N–C) groups is 1. The van der Waals surface area contributed by atoms with Crippen LogP contribution in [-0.4, -0.2) is 13.1 Å². The van der Waals surface area contributed by atoms with E-state index in [4.69, 9.17) is 10.7 Å². The maximum absolute atomic E-state index is 5.23. The highest BCUT2D eigenvalue weighted by Gasteiger charge is 2.07. The molecule has 0 unspecified atom stereocenters. The first kappa shape index (κ1) is 8.03. The van der Waals surface area contributed by atoms with Crippen LogP contribution in [0.2, 0.25) is 0 Å². The third-order valence-electron chi connectivity index (χ3n) is 1.75. The summed E-state index contributed by atoms with van der Waals surface area (Å²) in [6.45, 7) is 0.386. The van der Waals surface area contributed by atoms with Crippen LogP contribution in [-0.2, 0) is 4.84 Å². The Balaban J connectivity index is 2.17. The van der Waals surface area contributed by atoms with E-state index in [1.807, 2.05) is 24.3 Å². The second-order valence-corrected chi connectivity index (χ2v) is 2.57. The van der Waals surface area contributed by atoms with E-state index >= 15 is 0 Å². The van der Waals surface area contributed by atoms with Gasteiger partial charge in [-0.15, -0.1) is 0 Å². The van der Waals surface area contributed by atoms with Crippen LogP contribution in [0.5, 0.6) is 0 Å². The van der Waals surface area contributed by atoms with E-state index in [1.165, 1.54) is 0 Å². The van der Waals surface area contributed by atoms with Crippen molar-refractivity contribution in [1.82, 2.24) is 0 Å². The lowest BCUT2D eigenvalue weighted by Crippen LogP contribution is -2.15. The molecular formula is C8H10N4O. The van der Waals surface area contributed by atoms with E-state index in [0.29, 0.717) is 6.73 Å². The highest BCUT2D eigenvalue weighted by atomic mass is 16.7. The molecule has 0 saturated carbocycles. The molecule has 0 fully saturated rings. The van der Waals surface area contributed by atoms with Gasteiger partial charge in [0.15, 0.2) is 6.73 Å². The molecule has 13 heavy (non-hydrogen) atoms. The van der Waals surface area contributed by atoms with Crippen molar-refractivity contribution in [1.29, 1.82) is 0 Å². The number of nitrogens with one attached hydrogen (secondary N) is 1. The van der Waals surface area contributed by atoms with Gasteiger partial charge in [0.05, 0.1) is 5.69 Å². The van der Waals surface area contributed by atoms with Gasteiger partial charge >= 0.3 is 0 Å². The smallest absolute Gasteiger partial charge is 0.167 e. The number of anilines is 2. The normalized spacial score (nSPS) is 15.0. The Morgan fingerprint density at radius 1 is 1.38 bits per heavy atom. The Morgan fingerprint density at radius 2 is 2.15 bits per heavy atom. The first-order valence-electron chi connectivity index (χ1n) is 3.89. The number of benzene rings is 1. The fraction of sp³-hybridized carbons (Fsp3) is 0.125. The second-order valence-electron chi connectivity index (χ2n) is 2.57. The summed E-state index contributed by atoms with van der Waals surface area (Å²) in [5, 5.41) is 1.61. The molecular weight excluding hydrogens is 168 g/mol.